The highest BCUT2D eigenvalue weighted by atomic mass is 32.1. The first-order valence-corrected chi connectivity index (χ1v) is 6.89. The summed E-state index contributed by atoms with van der Waals surface area (Å²) in [7, 11) is 0. The lowest BCUT2D eigenvalue weighted by atomic mass is 10.1. The second kappa shape index (κ2) is 5.54. The van der Waals surface area contributed by atoms with Crippen molar-refractivity contribution in [2.75, 3.05) is 6.54 Å². The van der Waals surface area contributed by atoms with Crippen molar-refractivity contribution < 1.29 is 9.34 Å². The van der Waals surface area contributed by atoms with Gasteiger partial charge in [0.25, 0.3) is 0 Å². The molecule has 0 spiro atoms. The molecule has 0 aromatic carbocycles. The van der Waals surface area contributed by atoms with Crippen LogP contribution < -0.4 is 5.32 Å². The molecule has 19 heavy (non-hydrogen) atoms. The number of rotatable bonds is 5. The molecule has 0 radical (unpaired) electrons. The summed E-state index contributed by atoms with van der Waals surface area (Å²) in [5.41, 5.74) is 1.12. The standard InChI is InChI=1S/C13H16N2O3S/c1-4-14-13(10-7-8(2)19-9(10)3)11-5-6-12(18-11)15(16)17/h5-7,13-14H,4H2,1-3H3. The quantitative estimate of drug-likeness (QED) is 0.671. The summed E-state index contributed by atoms with van der Waals surface area (Å²) in [5.74, 6) is 0.358. The number of nitrogens with zero attached hydrogens (tertiary/aromatic N) is 1. The molecule has 1 unspecified atom stereocenters. The highest BCUT2D eigenvalue weighted by Gasteiger charge is 2.23. The Morgan fingerprint density at radius 3 is 2.68 bits per heavy atom. The first-order chi connectivity index (χ1) is 9.02. The summed E-state index contributed by atoms with van der Waals surface area (Å²) in [6.45, 7) is 6.86. The molecule has 1 atom stereocenters. The minimum absolute atomic E-state index is 0.136. The third-order valence-electron chi connectivity index (χ3n) is 2.88. The van der Waals surface area contributed by atoms with Crippen LogP contribution in [-0.2, 0) is 0 Å². The Kier molecular flexibility index (Phi) is 4.01. The molecular formula is C13H16N2O3S. The normalized spacial score (nSPS) is 12.6. The first-order valence-electron chi connectivity index (χ1n) is 6.07. The fraction of sp³-hybridized carbons (Fsp3) is 0.385. The van der Waals surface area contributed by atoms with Gasteiger partial charge in [-0.1, -0.05) is 6.92 Å². The Morgan fingerprint density at radius 2 is 2.21 bits per heavy atom. The van der Waals surface area contributed by atoms with Gasteiger partial charge in [-0.2, -0.15) is 0 Å². The Labute approximate surface area is 115 Å². The summed E-state index contributed by atoms with van der Waals surface area (Å²) in [6, 6.07) is 5.03. The van der Waals surface area contributed by atoms with E-state index in [9.17, 15) is 10.1 Å². The van der Waals surface area contributed by atoms with Crippen LogP contribution in [0.5, 0.6) is 0 Å². The average molecular weight is 280 g/mol. The van der Waals surface area contributed by atoms with E-state index in [-0.39, 0.29) is 11.9 Å². The summed E-state index contributed by atoms with van der Waals surface area (Å²) in [5, 5.41) is 14.0. The zero-order valence-electron chi connectivity index (χ0n) is 11.1. The van der Waals surface area contributed by atoms with Crippen molar-refractivity contribution in [1.82, 2.24) is 5.32 Å². The van der Waals surface area contributed by atoms with Crippen molar-refractivity contribution in [3.63, 3.8) is 0 Å². The Bertz CT molecular complexity index is 588. The van der Waals surface area contributed by atoms with Gasteiger partial charge in [0.15, 0.2) is 0 Å². The zero-order valence-corrected chi connectivity index (χ0v) is 11.9. The summed E-state index contributed by atoms with van der Waals surface area (Å²) < 4.78 is 5.32. The molecule has 1 N–H and O–H groups in total. The summed E-state index contributed by atoms with van der Waals surface area (Å²) in [6.07, 6.45) is 0. The molecule has 5 nitrogen and oxygen atoms in total. The molecule has 102 valence electrons. The van der Waals surface area contributed by atoms with Crippen molar-refractivity contribution in [2.45, 2.75) is 26.8 Å². The lowest BCUT2D eigenvalue weighted by Crippen LogP contribution is -2.21. The largest absolute Gasteiger partial charge is 0.433 e. The van der Waals surface area contributed by atoms with Gasteiger partial charge in [-0.25, -0.2) is 0 Å². The molecule has 0 bridgehead atoms. The lowest BCUT2D eigenvalue weighted by molar-refractivity contribution is -0.402. The van der Waals surface area contributed by atoms with Gasteiger partial charge >= 0.3 is 5.88 Å². The molecule has 0 aliphatic carbocycles. The van der Waals surface area contributed by atoms with E-state index in [1.807, 2.05) is 6.92 Å². The van der Waals surface area contributed by atoms with Gasteiger partial charge in [0, 0.05) is 9.75 Å². The minimum atomic E-state index is -0.516. The van der Waals surface area contributed by atoms with Gasteiger partial charge in [-0.3, -0.25) is 10.1 Å². The van der Waals surface area contributed by atoms with Crippen LogP contribution in [0, 0.1) is 24.0 Å². The number of nitrogens with one attached hydrogen (secondary N) is 1. The maximum atomic E-state index is 10.7. The number of hydrogen-bond acceptors (Lipinski definition) is 5. The van der Waals surface area contributed by atoms with E-state index in [1.165, 1.54) is 15.8 Å². The second-order valence-corrected chi connectivity index (χ2v) is 5.75. The van der Waals surface area contributed by atoms with Crippen molar-refractivity contribution in [1.29, 1.82) is 0 Å². The molecule has 0 amide bonds. The molecule has 0 aliphatic heterocycles. The fourth-order valence-electron chi connectivity index (χ4n) is 2.10. The predicted molar refractivity (Wildman–Crippen MR) is 74.7 cm³/mol. The summed E-state index contributed by atoms with van der Waals surface area (Å²) >= 11 is 1.72. The number of hydrogen-bond donors (Lipinski definition) is 1. The SMILES string of the molecule is CCNC(c1ccc([N+](=O)[O-])o1)c1cc(C)sc1C. The van der Waals surface area contributed by atoms with E-state index in [1.54, 1.807) is 17.4 Å². The van der Waals surface area contributed by atoms with E-state index >= 15 is 0 Å². The van der Waals surface area contributed by atoms with Gasteiger partial charge in [0.2, 0.25) is 0 Å². The monoisotopic (exact) mass is 280 g/mol. The zero-order chi connectivity index (χ0) is 14.0. The van der Waals surface area contributed by atoms with Gasteiger partial charge in [-0.05, 0) is 38.1 Å². The van der Waals surface area contributed by atoms with Gasteiger partial charge in [0.05, 0.1) is 12.1 Å². The molecule has 0 saturated carbocycles. The Hall–Kier alpha value is -1.66. The van der Waals surface area contributed by atoms with Crippen LogP contribution in [0.2, 0.25) is 0 Å². The first kappa shape index (κ1) is 13.8. The molecule has 2 aromatic heterocycles. The molecular weight excluding hydrogens is 264 g/mol. The van der Waals surface area contributed by atoms with Crippen molar-refractivity contribution in [3.05, 3.63) is 49.4 Å². The van der Waals surface area contributed by atoms with Gasteiger partial charge < -0.3 is 9.73 Å². The molecule has 6 heteroatoms. The van der Waals surface area contributed by atoms with Gasteiger partial charge in [-0.15, -0.1) is 11.3 Å². The third kappa shape index (κ3) is 2.85. The molecule has 2 rings (SSSR count). The van der Waals surface area contributed by atoms with Crippen molar-refractivity contribution in [2.24, 2.45) is 0 Å². The fourth-order valence-corrected chi connectivity index (χ4v) is 3.06. The smallest absolute Gasteiger partial charge is 0.404 e. The maximum Gasteiger partial charge on any atom is 0.433 e. The van der Waals surface area contributed by atoms with Crippen LogP contribution in [-0.4, -0.2) is 11.5 Å². The third-order valence-corrected chi connectivity index (χ3v) is 3.86. The molecule has 0 aliphatic rings. The second-order valence-electron chi connectivity index (χ2n) is 4.29. The highest BCUT2D eigenvalue weighted by Crippen LogP contribution is 2.32. The molecule has 2 heterocycles. The molecule has 0 saturated heterocycles. The summed E-state index contributed by atoms with van der Waals surface area (Å²) in [4.78, 5) is 12.6. The Morgan fingerprint density at radius 1 is 1.47 bits per heavy atom. The minimum Gasteiger partial charge on any atom is -0.404 e. The van der Waals surface area contributed by atoms with Crippen LogP contribution in [0.3, 0.4) is 0 Å². The highest BCUT2D eigenvalue weighted by molar-refractivity contribution is 7.12. The van der Waals surface area contributed by atoms with E-state index in [0.717, 1.165) is 12.1 Å². The average Bonchev–Trinajstić information content (AvgIpc) is 2.93. The van der Waals surface area contributed by atoms with Crippen LogP contribution in [0.1, 0.15) is 34.0 Å². The van der Waals surface area contributed by atoms with Crippen LogP contribution in [0.4, 0.5) is 5.88 Å². The van der Waals surface area contributed by atoms with E-state index in [2.05, 4.69) is 25.2 Å². The Balaban J connectivity index is 2.39. The van der Waals surface area contributed by atoms with Crippen LogP contribution >= 0.6 is 11.3 Å². The number of thiophene rings is 1. The molecule has 0 fully saturated rings. The van der Waals surface area contributed by atoms with E-state index < -0.39 is 4.92 Å². The van der Waals surface area contributed by atoms with Gasteiger partial charge in [0.1, 0.15) is 10.7 Å². The van der Waals surface area contributed by atoms with Crippen molar-refractivity contribution >= 4 is 17.2 Å². The number of nitro groups is 1. The lowest BCUT2D eigenvalue weighted by Gasteiger charge is -2.15. The predicted octanol–water partition coefficient (Wildman–Crippen LogP) is 3.57. The van der Waals surface area contributed by atoms with E-state index in [4.69, 9.17) is 4.42 Å². The topological polar surface area (TPSA) is 68.3 Å². The maximum absolute atomic E-state index is 10.7. The van der Waals surface area contributed by atoms with E-state index in [0.29, 0.717) is 5.76 Å². The van der Waals surface area contributed by atoms with Crippen molar-refractivity contribution in [3.8, 4) is 0 Å². The number of aryl methyl sites for hydroxylation is 2. The van der Waals surface area contributed by atoms with Crippen LogP contribution in [0.15, 0.2) is 22.6 Å². The van der Waals surface area contributed by atoms with Crippen LogP contribution in [0.25, 0.3) is 0 Å². The number of furan rings is 1. The molecule has 2 aromatic rings.